The van der Waals surface area contributed by atoms with Gasteiger partial charge in [0.1, 0.15) is 11.6 Å². The molecule has 0 amide bonds. The minimum Gasteiger partial charge on any atom is -0.378 e. The van der Waals surface area contributed by atoms with E-state index < -0.39 is 9.84 Å². The summed E-state index contributed by atoms with van der Waals surface area (Å²) >= 11 is 0. The molecule has 3 aliphatic rings. The number of aryl methyl sites for hydroxylation is 2. The Balaban J connectivity index is 1.22. The number of imidazole rings is 2. The molecule has 1 aromatic carbocycles. The standard InChI is InChI=1S/C27H35N9O3S/c1-3-22-28-20-6-4-5-7-21(20)36(22)27-30-25-24(26(31-27)35-8-12-39-13-9-35)29-23(32(25)2)18-33-16-19(17-33)34-10-14-40(37,38)15-11-34/h4-7,19H,3,8-18H2,1-2H3. The number of sulfone groups is 1. The van der Waals surface area contributed by atoms with E-state index in [2.05, 4.69) is 36.8 Å². The second kappa shape index (κ2) is 10.1. The Hall–Kier alpha value is -3.13. The maximum absolute atomic E-state index is 11.8. The van der Waals surface area contributed by atoms with Crippen molar-refractivity contribution in [2.45, 2.75) is 25.9 Å². The van der Waals surface area contributed by atoms with Crippen LogP contribution in [0.4, 0.5) is 5.82 Å². The zero-order valence-electron chi connectivity index (χ0n) is 23.0. The van der Waals surface area contributed by atoms with E-state index in [0.29, 0.717) is 44.8 Å². The molecule has 7 rings (SSSR count). The molecule has 12 nitrogen and oxygen atoms in total. The summed E-state index contributed by atoms with van der Waals surface area (Å²) in [6, 6.07) is 8.52. The van der Waals surface area contributed by atoms with Crippen LogP contribution < -0.4 is 4.90 Å². The number of anilines is 1. The normalized spacial score (nSPS) is 20.9. The van der Waals surface area contributed by atoms with Crippen LogP contribution in [-0.2, 0) is 34.6 Å². The SMILES string of the molecule is CCc1nc2ccccc2n1-c1nc(N2CCOCC2)c2nc(CN3CC(N4CCS(=O)(=O)CC4)C3)n(C)c2n1. The highest BCUT2D eigenvalue weighted by atomic mass is 32.2. The van der Waals surface area contributed by atoms with E-state index >= 15 is 0 Å². The second-order valence-corrected chi connectivity index (χ2v) is 13.3. The molecule has 3 fully saturated rings. The average Bonchev–Trinajstić information content (AvgIpc) is 3.48. The number of benzene rings is 1. The number of ether oxygens (including phenoxy) is 1. The van der Waals surface area contributed by atoms with Gasteiger partial charge in [0.15, 0.2) is 26.8 Å². The molecule has 3 aliphatic heterocycles. The molecule has 3 aromatic heterocycles. The van der Waals surface area contributed by atoms with E-state index in [0.717, 1.165) is 72.3 Å². The highest BCUT2D eigenvalue weighted by Gasteiger charge is 2.35. The summed E-state index contributed by atoms with van der Waals surface area (Å²) in [7, 11) is -0.833. The number of hydrogen-bond donors (Lipinski definition) is 0. The first-order chi connectivity index (χ1) is 19.4. The quantitative estimate of drug-likeness (QED) is 0.336. The second-order valence-electron chi connectivity index (χ2n) is 10.9. The zero-order valence-corrected chi connectivity index (χ0v) is 23.8. The highest BCUT2D eigenvalue weighted by molar-refractivity contribution is 7.91. The number of morpholine rings is 1. The fourth-order valence-electron chi connectivity index (χ4n) is 6.05. The van der Waals surface area contributed by atoms with Crippen LogP contribution in [0.5, 0.6) is 0 Å². The molecule has 0 bridgehead atoms. The summed E-state index contributed by atoms with van der Waals surface area (Å²) < 4.78 is 33.4. The molecular weight excluding hydrogens is 530 g/mol. The maximum atomic E-state index is 11.8. The fraction of sp³-hybridized carbons (Fsp3) is 0.556. The van der Waals surface area contributed by atoms with Crippen molar-refractivity contribution >= 4 is 37.9 Å². The van der Waals surface area contributed by atoms with E-state index in [4.69, 9.17) is 24.7 Å². The van der Waals surface area contributed by atoms with Gasteiger partial charge in [-0.2, -0.15) is 9.97 Å². The Kier molecular flexibility index (Phi) is 6.49. The summed E-state index contributed by atoms with van der Waals surface area (Å²) in [5.41, 5.74) is 3.54. The number of hydrogen-bond acceptors (Lipinski definition) is 10. The minimum absolute atomic E-state index is 0.269. The van der Waals surface area contributed by atoms with Gasteiger partial charge in [-0.05, 0) is 12.1 Å². The Bertz CT molecular complexity index is 1660. The van der Waals surface area contributed by atoms with Gasteiger partial charge in [-0.15, -0.1) is 0 Å². The molecular formula is C27H35N9O3S. The van der Waals surface area contributed by atoms with Gasteiger partial charge in [-0.3, -0.25) is 14.4 Å². The number of nitrogens with zero attached hydrogens (tertiary/aromatic N) is 9. The lowest BCUT2D eigenvalue weighted by molar-refractivity contribution is 0.0313. The lowest BCUT2D eigenvalue weighted by Gasteiger charge is -2.46. The summed E-state index contributed by atoms with van der Waals surface area (Å²) in [5.74, 6) is 3.85. The molecule has 40 heavy (non-hydrogen) atoms. The monoisotopic (exact) mass is 565 g/mol. The van der Waals surface area contributed by atoms with E-state index in [-0.39, 0.29) is 11.5 Å². The van der Waals surface area contributed by atoms with Crippen LogP contribution in [0.15, 0.2) is 24.3 Å². The third kappa shape index (κ3) is 4.54. The van der Waals surface area contributed by atoms with Crippen LogP contribution >= 0.6 is 0 Å². The average molecular weight is 566 g/mol. The van der Waals surface area contributed by atoms with Gasteiger partial charge >= 0.3 is 0 Å². The van der Waals surface area contributed by atoms with E-state index in [1.807, 2.05) is 25.2 Å². The molecule has 6 heterocycles. The third-order valence-electron chi connectivity index (χ3n) is 8.44. The predicted octanol–water partition coefficient (Wildman–Crippen LogP) is 1.02. The molecule has 13 heteroatoms. The van der Waals surface area contributed by atoms with Crippen LogP contribution in [0.2, 0.25) is 0 Å². The molecule has 0 aliphatic carbocycles. The van der Waals surface area contributed by atoms with Crippen molar-refractivity contribution < 1.29 is 13.2 Å². The lowest BCUT2D eigenvalue weighted by Crippen LogP contribution is -2.61. The molecule has 4 aromatic rings. The molecule has 0 saturated carbocycles. The van der Waals surface area contributed by atoms with Crippen LogP contribution in [0.3, 0.4) is 0 Å². The van der Waals surface area contributed by atoms with Gasteiger partial charge in [-0.1, -0.05) is 19.1 Å². The summed E-state index contributed by atoms with van der Waals surface area (Å²) in [5, 5.41) is 0. The summed E-state index contributed by atoms with van der Waals surface area (Å²) in [6.07, 6.45) is 0.763. The van der Waals surface area contributed by atoms with Crippen molar-refractivity contribution in [2.75, 3.05) is 68.9 Å². The number of aromatic nitrogens is 6. The smallest absolute Gasteiger partial charge is 0.239 e. The van der Waals surface area contributed by atoms with Gasteiger partial charge in [0.2, 0.25) is 5.95 Å². The van der Waals surface area contributed by atoms with Crippen LogP contribution in [-0.4, -0.2) is 117 Å². The molecule has 0 unspecified atom stereocenters. The topological polar surface area (TPSA) is 115 Å². The van der Waals surface area contributed by atoms with E-state index in [1.54, 1.807) is 0 Å². The van der Waals surface area contributed by atoms with Crippen molar-refractivity contribution in [1.82, 2.24) is 38.9 Å². The van der Waals surface area contributed by atoms with Crippen molar-refractivity contribution in [3.63, 3.8) is 0 Å². The van der Waals surface area contributed by atoms with Crippen LogP contribution in [0.25, 0.3) is 28.1 Å². The zero-order chi connectivity index (χ0) is 27.4. The summed E-state index contributed by atoms with van der Waals surface area (Å²) in [6.45, 7) is 8.72. The van der Waals surface area contributed by atoms with Crippen LogP contribution in [0.1, 0.15) is 18.6 Å². The lowest BCUT2D eigenvalue weighted by atomic mass is 10.1. The first kappa shape index (κ1) is 25.8. The molecule has 0 N–H and O–H groups in total. The van der Waals surface area contributed by atoms with E-state index in [1.165, 1.54) is 0 Å². The predicted molar refractivity (Wildman–Crippen MR) is 153 cm³/mol. The van der Waals surface area contributed by atoms with Crippen molar-refractivity contribution in [2.24, 2.45) is 7.05 Å². The Morgan fingerprint density at radius 3 is 2.45 bits per heavy atom. The Morgan fingerprint density at radius 2 is 1.70 bits per heavy atom. The largest absolute Gasteiger partial charge is 0.378 e. The van der Waals surface area contributed by atoms with Gasteiger partial charge in [0, 0.05) is 58.8 Å². The summed E-state index contributed by atoms with van der Waals surface area (Å²) in [4.78, 5) is 27.1. The number of likely N-dealkylation sites (tertiary alicyclic amines) is 1. The van der Waals surface area contributed by atoms with Gasteiger partial charge in [0.05, 0.1) is 42.3 Å². The van der Waals surface area contributed by atoms with Crippen molar-refractivity contribution in [3.8, 4) is 5.95 Å². The highest BCUT2D eigenvalue weighted by Crippen LogP contribution is 2.29. The molecule has 0 radical (unpaired) electrons. The fourth-order valence-corrected chi connectivity index (χ4v) is 7.28. The van der Waals surface area contributed by atoms with Gasteiger partial charge in [-0.25, -0.2) is 18.4 Å². The van der Waals surface area contributed by atoms with Gasteiger partial charge in [0.25, 0.3) is 0 Å². The molecule has 0 spiro atoms. The van der Waals surface area contributed by atoms with Crippen molar-refractivity contribution in [1.29, 1.82) is 0 Å². The molecule has 0 atom stereocenters. The first-order valence-electron chi connectivity index (χ1n) is 14.1. The van der Waals surface area contributed by atoms with Crippen LogP contribution in [0, 0.1) is 0 Å². The maximum Gasteiger partial charge on any atom is 0.239 e. The minimum atomic E-state index is -2.87. The van der Waals surface area contributed by atoms with Crippen molar-refractivity contribution in [3.05, 3.63) is 35.9 Å². The number of fused-ring (bicyclic) bond motifs is 2. The molecule has 212 valence electrons. The van der Waals surface area contributed by atoms with E-state index in [9.17, 15) is 8.42 Å². The first-order valence-corrected chi connectivity index (χ1v) is 15.9. The Morgan fingerprint density at radius 1 is 0.950 bits per heavy atom. The number of para-hydroxylation sites is 2. The Labute approximate surface area is 233 Å². The number of rotatable bonds is 6. The molecule has 3 saturated heterocycles. The third-order valence-corrected chi connectivity index (χ3v) is 10.0. The van der Waals surface area contributed by atoms with Gasteiger partial charge < -0.3 is 14.2 Å².